The summed E-state index contributed by atoms with van der Waals surface area (Å²) < 4.78 is 5.34. The Morgan fingerprint density at radius 1 is 1.00 bits per heavy atom. The maximum absolute atomic E-state index is 12.5. The number of anilines is 1. The fraction of sp³-hybridized carbons (Fsp3) is 0.250. The molecular weight excluding hydrogens is 332 g/mol. The normalized spacial score (nSPS) is 12.9. The fourth-order valence-electron chi connectivity index (χ4n) is 3.07. The number of ether oxygens (including phenoxy) is 1. The summed E-state index contributed by atoms with van der Waals surface area (Å²) in [6.07, 6.45) is 0.306. The standard InChI is InChI=1S/C20H20N2O4/c1-3-18(23)21(16-10-6-7-11-17(16)26-2)12-13-22-19(24)14-8-4-5-9-15(14)20(22)25/h4-11H,3,12-13H2,1-2H3. The van der Waals surface area contributed by atoms with Crippen LogP contribution in [0.25, 0.3) is 0 Å². The molecule has 134 valence electrons. The number of benzene rings is 2. The van der Waals surface area contributed by atoms with Crippen molar-refractivity contribution in [1.82, 2.24) is 4.90 Å². The van der Waals surface area contributed by atoms with Crippen molar-refractivity contribution < 1.29 is 19.1 Å². The lowest BCUT2D eigenvalue weighted by Crippen LogP contribution is -2.41. The number of nitrogens with zero attached hydrogens (tertiary/aromatic N) is 2. The lowest BCUT2D eigenvalue weighted by Gasteiger charge is -2.26. The lowest BCUT2D eigenvalue weighted by molar-refractivity contribution is -0.118. The maximum atomic E-state index is 12.5. The van der Waals surface area contributed by atoms with Crippen LogP contribution in [0.5, 0.6) is 5.75 Å². The van der Waals surface area contributed by atoms with Crippen LogP contribution in [-0.2, 0) is 4.79 Å². The summed E-state index contributed by atoms with van der Waals surface area (Å²) in [5.74, 6) is -0.188. The molecule has 0 N–H and O–H groups in total. The quantitative estimate of drug-likeness (QED) is 0.750. The monoisotopic (exact) mass is 352 g/mol. The smallest absolute Gasteiger partial charge is 0.261 e. The van der Waals surface area contributed by atoms with E-state index < -0.39 is 0 Å². The summed E-state index contributed by atoms with van der Waals surface area (Å²) in [6, 6.07) is 13.9. The summed E-state index contributed by atoms with van der Waals surface area (Å²) in [4.78, 5) is 40.2. The Bertz CT molecular complexity index is 827. The van der Waals surface area contributed by atoms with Crippen LogP contribution in [0, 0.1) is 0 Å². The number of amides is 3. The number of rotatable bonds is 6. The molecule has 0 atom stereocenters. The van der Waals surface area contributed by atoms with Gasteiger partial charge in [-0.1, -0.05) is 31.2 Å². The van der Waals surface area contributed by atoms with Crippen molar-refractivity contribution in [2.75, 3.05) is 25.1 Å². The van der Waals surface area contributed by atoms with Gasteiger partial charge in [0.15, 0.2) is 0 Å². The molecule has 3 amide bonds. The molecule has 0 unspecified atom stereocenters. The van der Waals surface area contributed by atoms with Crippen molar-refractivity contribution >= 4 is 23.4 Å². The van der Waals surface area contributed by atoms with E-state index in [4.69, 9.17) is 4.74 Å². The zero-order valence-corrected chi connectivity index (χ0v) is 14.8. The minimum absolute atomic E-state index is 0.105. The Kier molecular flexibility index (Phi) is 5.02. The minimum Gasteiger partial charge on any atom is -0.495 e. The Hall–Kier alpha value is -3.15. The number of para-hydroxylation sites is 2. The van der Waals surface area contributed by atoms with Crippen molar-refractivity contribution in [2.24, 2.45) is 0 Å². The molecule has 2 aromatic carbocycles. The van der Waals surface area contributed by atoms with Gasteiger partial charge >= 0.3 is 0 Å². The van der Waals surface area contributed by atoms with E-state index in [1.54, 1.807) is 48.2 Å². The van der Waals surface area contributed by atoms with Gasteiger partial charge in [-0.05, 0) is 24.3 Å². The first kappa shape index (κ1) is 17.7. The molecule has 0 radical (unpaired) electrons. The maximum Gasteiger partial charge on any atom is 0.261 e. The van der Waals surface area contributed by atoms with Crippen LogP contribution in [0.1, 0.15) is 34.1 Å². The number of methoxy groups -OCH3 is 1. The Morgan fingerprint density at radius 2 is 1.58 bits per heavy atom. The van der Waals surface area contributed by atoms with Crippen molar-refractivity contribution in [2.45, 2.75) is 13.3 Å². The zero-order chi connectivity index (χ0) is 18.7. The van der Waals surface area contributed by atoms with Crippen LogP contribution in [0.15, 0.2) is 48.5 Å². The first-order chi connectivity index (χ1) is 12.6. The first-order valence-corrected chi connectivity index (χ1v) is 8.47. The molecule has 1 heterocycles. The minimum atomic E-state index is -0.325. The second-order valence-electron chi connectivity index (χ2n) is 5.88. The average Bonchev–Trinajstić information content (AvgIpc) is 2.93. The fourth-order valence-corrected chi connectivity index (χ4v) is 3.07. The molecule has 0 fully saturated rings. The van der Waals surface area contributed by atoms with Crippen LogP contribution in [0.3, 0.4) is 0 Å². The van der Waals surface area contributed by atoms with Gasteiger partial charge in [0.2, 0.25) is 5.91 Å². The van der Waals surface area contributed by atoms with E-state index in [2.05, 4.69) is 0 Å². The van der Waals surface area contributed by atoms with E-state index >= 15 is 0 Å². The molecule has 0 saturated heterocycles. The number of hydrogen-bond acceptors (Lipinski definition) is 4. The van der Waals surface area contributed by atoms with Gasteiger partial charge in [-0.15, -0.1) is 0 Å². The number of hydrogen-bond donors (Lipinski definition) is 0. The molecule has 0 aromatic heterocycles. The van der Waals surface area contributed by atoms with E-state index in [-0.39, 0.29) is 30.8 Å². The van der Waals surface area contributed by atoms with Gasteiger partial charge in [0.25, 0.3) is 11.8 Å². The molecule has 3 rings (SSSR count). The van der Waals surface area contributed by atoms with E-state index in [1.165, 1.54) is 12.0 Å². The zero-order valence-electron chi connectivity index (χ0n) is 14.8. The summed E-state index contributed by atoms with van der Waals surface area (Å²) in [5, 5.41) is 0. The van der Waals surface area contributed by atoms with E-state index in [1.807, 2.05) is 12.1 Å². The Balaban J connectivity index is 1.83. The molecule has 6 heteroatoms. The second kappa shape index (κ2) is 7.39. The van der Waals surface area contributed by atoms with Crippen molar-refractivity contribution in [3.8, 4) is 5.75 Å². The van der Waals surface area contributed by atoms with Gasteiger partial charge < -0.3 is 9.64 Å². The van der Waals surface area contributed by atoms with Crippen LogP contribution < -0.4 is 9.64 Å². The van der Waals surface area contributed by atoms with Crippen molar-refractivity contribution in [1.29, 1.82) is 0 Å². The van der Waals surface area contributed by atoms with Gasteiger partial charge in [0, 0.05) is 19.5 Å². The van der Waals surface area contributed by atoms with E-state index in [0.717, 1.165) is 0 Å². The van der Waals surface area contributed by atoms with Gasteiger partial charge in [0.1, 0.15) is 5.75 Å². The molecule has 0 bridgehead atoms. The Labute approximate surface area is 152 Å². The van der Waals surface area contributed by atoms with Gasteiger partial charge in [0.05, 0.1) is 23.9 Å². The van der Waals surface area contributed by atoms with Crippen molar-refractivity contribution in [3.63, 3.8) is 0 Å². The highest BCUT2D eigenvalue weighted by atomic mass is 16.5. The number of carbonyl (C=O) groups is 3. The van der Waals surface area contributed by atoms with Gasteiger partial charge in [-0.3, -0.25) is 19.3 Å². The first-order valence-electron chi connectivity index (χ1n) is 8.47. The highest BCUT2D eigenvalue weighted by molar-refractivity contribution is 6.21. The Morgan fingerprint density at radius 3 is 2.15 bits per heavy atom. The van der Waals surface area contributed by atoms with Crippen LogP contribution in [-0.4, -0.2) is 42.8 Å². The number of imide groups is 1. The molecule has 6 nitrogen and oxygen atoms in total. The molecule has 0 spiro atoms. The SMILES string of the molecule is CCC(=O)N(CCN1C(=O)c2ccccc2C1=O)c1ccccc1OC. The summed E-state index contributed by atoms with van der Waals surface area (Å²) in [5.41, 5.74) is 1.43. The molecule has 1 aliphatic heterocycles. The summed E-state index contributed by atoms with van der Waals surface area (Å²) >= 11 is 0. The van der Waals surface area contributed by atoms with Crippen LogP contribution in [0.4, 0.5) is 5.69 Å². The third-order valence-electron chi connectivity index (χ3n) is 4.40. The molecule has 2 aromatic rings. The average molecular weight is 352 g/mol. The molecule has 26 heavy (non-hydrogen) atoms. The molecule has 0 saturated carbocycles. The van der Waals surface area contributed by atoms with Gasteiger partial charge in [-0.2, -0.15) is 0 Å². The lowest BCUT2D eigenvalue weighted by atomic mass is 10.1. The van der Waals surface area contributed by atoms with Crippen LogP contribution in [0.2, 0.25) is 0 Å². The van der Waals surface area contributed by atoms with Crippen molar-refractivity contribution in [3.05, 3.63) is 59.7 Å². The number of carbonyl (C=O) groups excluding carboxylic acids is 3. The summed E-state index contributed by atoms with van der Waals surface area (Å²) in [7, 11) is 1.54. The predicted octanol–water partition coefficient (Wildman–Crippen LogP) is 2.73. The molecular formula is C20H20N2O4. The predicted molar refractivity (Wildman–Crippen MR) is 97.4 cm³/mol. The number of fused-ring (bicyclic) bond motifs is 1. The highest BCUT2D eigenvalue weighted by Crippen LogP contribution is 2.29. The summed E-state index contributed by atoms with van der Waals surface area (Å²) in [6.45, 7) is 2.10. The van der Waals surface area contributed by atoms with E-state index in [0.29, 0.717) is 29.0 Å². The second-order valence-corrected chi connectivity index (χ2v) is 5.88. The largest absolute Gasteiger partial charge is 0.495 e. The molecule has 1 aliphatic rings. The van der Waals surface area contributed by atoms with Crippen LogP contribution >= 0.6 is 0 Å². The highest BCUT2D eigenvalue weighted by Gasteiger charge is 2.35. The third-order valence-corrected chi connectivity index (χ3v) is 4.40. The third kappa shape index (κ3) is 3.06. The van der Waals surface area contributed by atoms with Gasteiger partial charge in [-0.25, -0.2) is 0 Å². The molecule has 0 aliphatic carbocycles. The van der Waals surface area contributed by atoms with E-state index in [9.17, 15) is 14.4 Å². The topological polar surface area (TPSA) is 66.9 Å².